The van der Waals surface area contributed by atoms with Crippen LogP contribution in [0.3, 0.4) is 0 Å². The van der Waals surface area contributed by atoms with E-state index in [-0.39, 0.29) is 11.7 Å². The fourth-order valence-electron chi connectivity index (χ4n) is 4.37. The number of hydrogen-bond acceptors (Lipinski definition) is 5. The summed E-state index contributed by atoms with van der Waals surface area (Å²) in [6.07, 6.45) is 2.10. The van der Waals surface area contributed by atoms with Crippen molar-refractivity contribution in [1.29, 1.82) is 0 Å². The molecule has 1 N–H and O–H groups in total. The van der Waals surface area contributed by atoms with Crippen molar-refractivity contribution in [1.82, 2.24) is 10.2 Å². The zero-order chi connectivity index (χ0) is 21.2. The number of nitrogens with zero attached hydrogens (tertiary/aromatic N) is 2. The van der Waals surface area contributed by atoms with E-state index in [1.165, 1.54) is 11.8 Å². The van der Waals surface area contributed by atoms with Crippen molar-refractivity contribution in [2.75, 3.05) is 44.2 Å². The fraction of sp³-hybridized carbons (Fsp3) is 0.375. The number of carbonyl (C=O) groups excluding carboxylic acids is 1. The molecule has 3 aromatic rings. The topological polar surface area (TPSA) is 44.8 Å². The third kappa shape index (κ3) is 4.38. The number of benzene rings is 2. The first-order valence-corrected chi connectivity index (χ1v) is 11.7. The van der Waals surface area contributed by atoms with Gasteiger partial charge in [0.25, 0.3) is 5.91 Å². The van der Waals surface area contributed by atoms with E-state index in [4.69, 9.17) is 4.74 Å². The number of thiophene rings is 1. The van der Waals surface area contributed by atoms with Gasteiger partial charge in [0.1, 0.15) is 11.6 Å². The van der Waals surface area contributed by atoms with Crippen molar-refractivity contribution in [3.8, 4) is 5.75 Å². The van der Waals surface area contributed by atoms with Crippen LogP contribution in [0.25, 0.3) is 10.1 Å². The second-order valence-electron chi connectivity index (χ2n) is 8.15. The maximum Gasteiger partial charge on any atom is 0.251 e. The first-order valence-electron chi connectivity index (χ1n) is 10.9. The molecule has 7 heteroatoms. The molecule has 2 aliphatic rings. The minimum Gasteiger partial charge on any atom is -0.494 e. The zero-order valence-electron chi connectivity index (χ0n) is 17.4. The van der Waals surface area contributed by atoms with E-state index in [2.05, 4.69) is 20.5 Å². The van der Waals surface area contributed by atoms with E-state index < -0.39 is 0 Å². The van der Waals surface area contributed by atoms with Crippen molar-refractivity contribution < 1.29 is 13.9 Å². The van der Waals surface area contributed by atoms with Crippen molar-refractivity contribution in [3.05, 3.63) is 58.7 Å². The quantitative estimate of drug-likeness (QED) is 0.559. The van der Waals surface area contributed by atoms with Gasteiger partial charge in [0.15, 0.2) is 0 Å². The monoisotopic (exact) mass is 439 g/mol. The highest BCUT2D eigenvalue weighted by Crippen LogP contribution is 2.34. The molecule has 162 valence electrons. The number of fused-ring (bicyclic) bond motifs is 2. The van der Waals surface area contributed by atoms with Gasteiger partial charge in [0.2, 0.25) is 0 Å². The Morgan fingerprint density at radius 3 is 2.81 bits per heavy atom. The van der Waals surface area contributed by atoms with Gasteiger partial charge in [-0.15, -0.1) is 11.3 Å². The highest BCUT2D eigenvalue weighted by molar-refractivity contribution is 7.17. The molecular formula is C24H26FN3O2S. The summed E-state index contributed by atoms with van der Waals surface area (Å²) in [5, 5.41) is 6.01. The predicted molar refractivity (Wildman–Crippen MR) is 123 cm³/mol. The lowest BCUT2D eigenvalue weighted by Gasteiger charge is -2.35. The molecular weight excluding hydrogens is 413 g/mol. The Morgan fingerprint density at radius 1 is 1.06 bits per heavy atom. The SMILES string of the molecule is O=C1NCc2cc(OCCCCN3CCN(c4csc5ccc(F)cc45)CC3)ccc21. The Morgan fingerprint density at radius 2 is 1.94 bits per heavy atom. The molecule has 0 bridgehead atoms. The number of hydrogen-bond donors (Lipinski definition) is 1. The maximum atomic E-state index is 13.7. The van der Waals surface area contributed by atoms with Gasteiger partial charge < -0.3 is 15.0 Å². The van der Waals surface area contributed by atoms with Crippen LogP contribution in [0.2, 0.25) is 0 Å². The van der Waals surface area contributed by atoms with Gasteiger partial charge in [-0.1, -0.05) is 0 Å². The van der Waals surface area contributed by atoms with Gasteiger partial charge >= 0.3 is 0 Å². The van der Waals surface area contributed by atoms with Crippen LogP contribution in [0, 0.1) is 5.82 Å². The largest absolute Gasteiger partial charge is 0.494 e. The number of amides is 1. The predicted octanol–water partition coefficient (Wildman–Crippen LogP) is 4.27. The highest BCUT2D eigenvalue weighted by atomic mass is 32.1. The summed E-state index contributed by atoms with van der Waals surface area (Å²) < 4.78 is 20.7. The van der Waals surface area contributed by atoms with E-state index in [9.17, 15) is 9.18 Å². The molecule has 2 aromatic carbocycles. The van der Waals surface area contributed by atoms with Gasteiger partial charge in [-0.3, -0.25) is 9.69 Å². The third-order valence-corrected chi connectivity index (χ3v) is 7.08. The van der Waals surface area contributed by atoms with Crippen LogP contribution in [0.15, 0.2) is 41.8 Å². The molecule has 3 heterocycles. The first-order chi connectivity index (χ1) is 15.2. The Kier molecular flexibility index (Phi) is 5.78. The molecule has 2 aliphatic heterocycles. The lowest BCUT2D eigenvalue weighted by molar-refractivity contribution is 0.0965. The van der Waals surface area contributed by atoms with Crippen molar-refractivity contribution in [2.24, 2.45) is 0 Å². The number of rotatable bonds is 7. The van der Waals surface area contributed by atoms with Gasteiger partial charge in [-0.25, -0.2) is 4.39 Å². The summed E-state index contributed by atoms with van der Waals surface area (Å²) in [6.45, 7) is 6.35. The van der Waals surface area contributed by atoms with Gasteiger partial charge in [-0.05, 0) is 61.3 Å². The minimum atomic E-state index is -0.168. The number of nitrogens with one attached hydrogen (secondary N) is 1. The number of halogens is 1. The van der Waals surface area contributed by atoms with Crippen LogP contribution >= 0.6 is 11.3 Å². The Labute approximate surface area is 185 Å². The summed E-state index contributed by atoms with van der Waals surface area (Å²) in [5.41, 5.74) is 2.94. The Hall–Kier alpha value is -2.64. The maximum absolute atomic E-state index is 13.7. The van der Waals surface area contributed by atoms with Gasteiger partial charge in [-0.2, -0.15) is 0 Å². The normalized spacial score (nSPS) is 16.5. The lowest BCUT2D eigenvalue weighted by Crippen LogP contribution is -2.46. The van der Waals surface area contributed by atoms with E-state index in [0.717, 1.165) is 72.5 Å². The average Bonchev–Trinajstić information content (AvgIpc) is 3.37. The average molecular weight is 440 g/mol. The van der Waals surface area contributed by atoms with Crippen LogP contribution in [0.5, 0.6) is 5.75 Å². The molecule has 1 amide bonds. The summed E-state index contributed by atoms with van der Waals surface area (Å²) in [7, 11) is 0. The molecule has 0 spiro atoms. The van der Waals surface area contributed by atoms with Crippen molar-refractivity contribution >= 4 is 33.0 Å². The Bertz CT molecular complexity index is 1090. The lowest BCUT2D eigenvalue weighted by atomic mass is 10.1. The molecule has 0 radical (unpaired) electrons. The van der Waals surface area contributed by atoms with Crippen molar-refractivity contribution in [3.63, 3.8) is 0 Å². The van der Waals surface area contributed by atoms with E-state index in [1.807, 2.05) is 24.3 Å². The molecule has 0 aliphatic carbocycles. The van der Waals surface area contributed by atoms with E-state index in [1.54, 1.807) is 17.4 Å². The zero-order valence-corrected chi connectivity index (χ0v) is 18.2. The number of piperazine rings is 1. The molecule has 5 nitrogen and oxygen atoms in total. The van der Waals surface area contributed by atoms with Crippen LogP contribution < -0.4 is 15.0 Å². The number of anilines is 1. The molecule has 5 rings (SSSR count). The molecule has 0 saturated carbocycles. The van der Waals surface area contributed by atoms with E-state index in [0.29, 0.717) is 13.2 Å². The second kappa shape index (κ2) is 8.85. The molecule has 31 heavy (non-hydrogen) atoms. The summed E-state index contributed by atoms with van der Waals surface area (Å²) >= 11 is 1.69. The summed E-state index contributed by atoms with van der Waals surface area (Å²) in [5.74, 6) is 0.669. The molecule has 1 fully saturated rings. The standard InChI is InChI=1S/C24H26FN3O2S/c25-18-3-6-23-21(14-18)22(16-31-23)28-10-8-27(9-11-28)7-1-2-12-30-19-4-5-20-17(13-19)15-26-24(20)29/h3-6,13-14,16H,1-2,7-12,15H2,(H,26,29). The van der Waals surface area contributed by atoms with Crippen LogP contribution in [0.1, 0.15) is 28.8 Å². The fourth-order valence-corrected chi connectivity index (χ4v) is 5.32. The highest BCUT2D eigenvalue weighted by Gasteiger charge is 2.20. The van der Waals surface area contributed by atoms with Crippen LogP contribution in [0.4, 0.5) is 10.1 Å². The van der Waals surface area contributed by atoms with Crippen LogP contribution in [-0.4, -0.2) is 50.1 Å². The van der Waals surface area contributed by atoms with Crippen molar-refractivity contribution in [2.45, 2.75) is 19.4 Å². The number of carbonyl (C=O) groups is 1. The molecule has 1 saturated heterocycles. The van der Waals surface area contributed by atoms with Gasteiger partial charge in [0.05, 0.1) is 12.3 Å². The summed E-state index contributed by atoms with van der Waals surface area (Å²) in [4.78, 5) is 16.5. The smallest absolute Gasteiger partial charge is 0.251 e. The van der Waals surface area contributed by atoms with E-state index >= 15 is 0 Å². The molecule has 0 atom stereocenters. The third-order valence-electron chi connectivity index (χ3n) is 6.13. The van der Waals surface area contributed by atoms with Crippen LogP contribution in [-0.2, 0) is 6.54 Å². The molecule has 1 aromatic heterocycles. The summed E-state index contributed by atoms with van der Waals surface area (Å²) in [6, 6.07) is 10.7. The second-order valence-corrected chi connectivity index (χ2v) is 9.06. The Balaban J connectivity index is 1.04. The molecule has 0 unspecified atom stereocenters. The minimum absolute atomic E-state index is 0.000922. The van der Waals surface area contributed by atoms with Gasteiger partial charge in [0, 0.05) is 53.8 Å². The first kappa shape index (κ1) is 20.3. The number of unbranched alkanes of at least 4 members (excludes halogenated alkanes) is 1. The number of ether oxygens (including phenoxy) is 1.